The lowest BCUT2D eigenvalue weighted by molar-refractivity contribution is -0.121. The van der Waals surface area contributed by atoms with Crippen molar-refractivity contribution < 1.29 is 18.0 Å². The molecule has 3 N–H and O–H groups in total. The first-order valence-corrected chi connectivity index (χ1v) is 11.5. The number of para-hydroxylation sites is 1. The summed E-state index contributed by atoms with van der Waals surface area (Å²) in [6.07, 6.45) is 3.36. The molecule has 1 heterocycles. The zero-order valence-electron chi connectivity index (χ0n) is 16.9. The monoisotopic (exact) mass is 472 g/mol. The molecule has 0 radical (unpaired) electrons. The van der Waals surface area contributed by atoms with Gasteiger partial charge in [-0.25, -0.2) is 8.42 Å². The van der Waals surface area contributed by atoms with Crippen molar-refractivity contribution in [3.63, 3.8) is 0 Å². The fraction of sp³-hybridized carbons (Fsp3) is 0.136. The van der Waals surface area contributed by atoms with Gasteiger partial charge in [-0.3, -0.25) is 19.3 Å². The van der Waals surface area contributed by atoms with E-state index in [0.29, 0.717) is 6.54 Å². The summed E-state index contributed by atoms with van der Waals surface area (Å²) in [6, 6.07) is 15.6. The summed E-state index contributed by atoms with van der Waals surface area (Å²) >= 11 is 6.01. The second-order valence-corrected chi connectivity index (χ2v) is 8.84. The fourth-order valence-corrected chi connectivity index (χ4v) is 4.10. The number of halogens is 1. The number of anilines is 1. The lowest BCUT2D eigenvalue weighted by Crippen LogP contribution is -2.30. The molecule has 0 aliphatic rings. The quantitative estimate of drug-likeness (QED) is 0.442. The summed E-state index contributed by atoms with van der Waals surface area (Å²) in [5.41, 5.74) is 1.31. The van der Waals surface area contributed by atoms with Gasteiger partial charge in [0, 0.05) is 37.5 Å². The van der Waals surface area contributed by atoms with Crippen molar-refractivity contribution in [2.24, 2.45) is 0 Å². The van der Waals surface area contributed by atoms with E-state index in [0.717, 1.165) is 5.56 Å². The van der Waals surface area contributed by atoms with Crippen molar-refractivity contribution in [1.29, 1.82) is 0 Å². The van der Waals surface area contributed by atoms with Gasteiger partial charge in [-0.1, -0.05) is 29.8 Å². The Hall–Kier alpha value is -3.43. The van der Waals surface area contributed by atoms with Crippen LogP contribution in [0.4, 0.5) is 5.69 Å². The molecule has 0 aliphatic heterocycles. The van der Waals surface area contributed by atoms with E-state index in [2.05, 4.69) is 20.3 Å². The molecule has 0 unspecified atom stereocenters. The maximum absolute atomic E-state index is 12.7. The number of hydrogen-bond donors (Lipinski definition) is 3. The Balaban J connectivity index is 1.54. The molecule has 0 bridgehead atoms. The Morgan fingerprint density at radius 1 is 0.938 bits per heavy atom. The van der Waals surface area contributed by atoms with E-state index in [9.17, 15) is 18.0 Å². The Kier molecular flexibility index (Phi) is 7.80. The lowest BCUT2D eigenvalue weighted by Gasteiger charge is -2.11. The molecule has 0 fully saturated rings. The van der Waals surface area contributed by atoms with Crippen LogP contribution in [0.3, 0.4) is 0 Å². The third kappa shape index (κ3) is 6.53. The average Bonchev–Trinajstić information content (AvgIpc) is 2.80. The molecule has 0 aliphatic carbocycles. The number of amides is 2. The number of benzene rings is 2. The average molecular weight is 473 g/mol. The molecule has 10 heteroatoms. The van der Waals surface area contributed by atoms with E-state index >= 15 is 0 Å². The van der Waals surface area contributed by atoms with Crippen LogP contribution in [0.1, 0.15) is 22.3 Å². The maximum Gasteiger partial charge on any atom is 0.261 e. The van der Waals surface area contributed by atoms with Gasteiger partial charge in [0.15, 0.2) is 0 Å². The predicted octanol–water partition coefficient (Wildman–Crippen LogP) is 2.97. The van der Waals surface area contributed by atoms with Crippen LogP contribution in [-0.4, -0.2) is 31.8 Å². The molecule has 32 heavy (non-hydrogen) atoms. The minimum absolute atomic E-state index is 0.0832. The molecular weight excluding hydrogens is 452 g/mol. The van der Waals surface area contributed by atoms with Gasteiger partial charge in [-0.15, -0.1) is 0 Å². The van der Waals surface area contributed by atoms with E-state index in [-0.39, 0.29) is 40.0 Å². The molecule has 166 valence electrons. The van der Waals surface area contributed by atoms with Crippen LogP contribution in [-0.2, 0) is 21.4 Å². The number of sulfonamides is 1. The zero-order valence-corrected chi connectivity index (χ0v) is 18.5. The highest BCUT2D eigenvalue weighted by atomic mass is 35.5. The van der Waals surface area contributed by atoms with Crippen molar-refractivity contribution >= 4 is 39.1 Å². The molecular formula is C22H21ClN4O4S. The zero-order chi connectivity index (χ0) is 23.0. The number of nitrogens with zero attached hydrogens (tertiary/aromatic N) is 1. The third-order valence-corrected chi connectivity index (χ3v) is 6.09. The normalized spacial score (nSPS) is 10.9. The Morgan fingerprint density at radius 2 is 1.69 bits per heavy atom. The van der Waals surface area contributed by atoms with Gasteiger partial charge in [-0.05, 0) is 48.0 Å². The Labute approximate surface area is 191 Å². The fourth-order valence-electron chi connectivity index (χ4n) is 2.73. The summed E-state index contributed by atoms with van der Waals surface area (Å²) in [6.45, 7) is 0.476. The number of pyridine rings is 1. The van der Waals surface area contributed by atoms with E-state index in [1.807, 2.05) is 0 Å². The van der Waals surface area contributed by atoms with Crippen molar-refractivity contribution in [2.75, 3.05) is 11.3 Å². The van der Waals surface area contributed by atoms with Gasteiger partial charge < -0.3 is 10.6 Å². The van der Waals surface area contributed by atoms with Gasteiger partial charge in [0.2, 0.25) is 5.91 Å². The molecule has 0 saturated heterocycles. The van der Waals surface area contributed by atoms with Crippen LogP contribution in [0.15, 0.2) is 78.0 Å². The first-order valence-electron chi connectivity index (χ1n) is 9.66. The van der Waals surface area contributed by atoms with Gasteiger partial charge in [-0.2, -0.15) is 0 Å². The van der Waals surface area contributed by atoms with Gasteiger partial charge in [0.25, 0.3) is 15.9 Å². The summed E-state index contributed by atoms with van der Waals surface area (Å²) in [5.74, 6) is -0.705. The number of carbonyl (C=O) groups excluding carboxylic acids is 2. The van der Waals surface area contributed by atoms with Crippen LogP contribution < -0.4 is 15.4 Å². The molecule has 3 aromatic rings. The largest absolute Gasteiger partial charge is 0.352 e. The molecule has 2 amide bonds. The van der Waals surface area contributed by atoms with E-state index in [1.165, 1.54) is 30.3 Å². The molecule has 8 nitrogen and oxygen atoms in total. The number of carbonyl (C=O) groups is 2. The molecule has 3 rings (SSSR count). The second kappa shape index (κ2) is 10.7. The van der Waals surface area contributed by atoms with E-state index < -0.39 is 15.9 Å². The Morgan fingerprint density at radius 3 is 2.44 bits per heavy atom. The first-order chi connectivity index (χ1) is 15.3. The SMILES string of the molecule is O=C(CCNC(=O)c1cccc(S(=O)(=O)Nc2ccccc2Cl)c1)NCc1ccncc1. The second-order valence-electron chi connectivity index (χ2n) is 6.75. The minimum Gasteiger partial charge on any atom is -0.352 e. The Bertz CT molecular complexity index is 1200. The molecule has 0 spiro atoms. The maximum atomic E-state index is 12.7. The highest BCUT2D eigenvalue weighted by molar-refractivity contribution is 7.92. The predicted molar refractivity (Wildman–Crippen MR) is 122 cm³/mol. The van der Waals surface area contributed by atoms with Crippen LogP contribution in [0.2, 0.25) is 5.02 Å². The molecule has 0 saturated carbocycles. The molecule has 1 aromatic heterocycles. The lowest BCUT2D eigenvalue weighted by atomic mass is 10.2. The van der Waals surface area contributed by atoms with Crippen LogP contribution in [0, 0.1) is 0 Å². The van der Waals surface area contributed by atoms with E-state index in [4.69, 9.17) is 11.6 Å². The van der Waals surface area contributed by atoms with Gasteiger partial charge in [0.05, 0.1) is 15.6 Å². The van der Waals surface area contributed by atoms with Crippen LogP contribution >= 0.6 is 11.6 Å². The van der Waals surface area contributed by atoms with Crippen molar-refractivity contribution in [1.82, 2.24) is 15.6 Å². The summed E-state index contributed by atoms with van der Waals surface area (Å²) in [5, 5.41) is 5.63. The van der Waals surface area contributed by atoms with Crippen LogP contribution in [0.5, 0.6) is 0 Å². The molecule has 0 atom stereocenters. The number of nitrogens with one attached hydrogen (secondary N) is 3. The molecule has 2 aromatic carbocycles. The number of rotatable bonds is 9. The summed E-state index contributed by atoms with van der Waals surface area (Å²) in [7, 11) is -3.94. The summed E-state index contributed by atoms with van der Waals surface area (Å²) in [4.78, 5) is 28.2. The van der Waals surface area contributed by atoms with Crippen molar-refractivity contribution in [2.45, 2.75) is 17.9 Å². The van der Waals surface area contributed by atoms with Crippen molar-refractivity contribution in [3.05, 3.63) is 89.2 Å². The van der Waals surface area contributed by atoms with Gasteiger partial charge in [0.1, 0.15) is 0 Å². The standard InChI is InChI=1S/C22H21ClN4O4S/c23-19-6-1-2-7-20(19)27-32(30,31)18-5-3-4-17(14-18)22(29)25-13-10-21(28)26-15-16-8-11-24-12-9-16/h1-9,11-12,14,27H,10,13,15H2,(H,25,29)(H,26,28). The smallest absolute Gasteiger partial charge is 0.261 e. The third-order valence-electron chi connectivity index (χ3n) is 4.40. The number of aromatic nitrogens is 1. The minimum atomic E-state index is -3.94. The highest BCUT2D eigenvalue weighted by Crippen LogP contribution is 2.24. The highest BCUT2D eigenvalue weighted by Gasteiger charge is 2.17. The number of hydrogen-bond acceptors (Lipinski definition) is 5. The topological polar surface area (TPSA) is 117 Å². The summed E-state index contributed by atoms with van der Waals surface area (Å²) < 4.78 is 27.7. The van der Waals surface area contributed by atoms with Crippen molar-refractivity contribution in [3.8, 4) is 0 Å². The first kappa shape index (κ1) is 23.2. The van der Waals surface area contributed by atoms with E-state index in [1.54, 1.807) is 42.7 Å². The van der Waals surface area contributed by atoms with Crippen LogP contribution in [0.25, 0.3) is 0 Å². The van der Waals surface area contributed by atoms with Gasteiger partial charge >= 0.3 is 0 Å².